The molecule has 1 aromatic rings. The second-order valence-corrected chi connectivity index (χ2v) is 2.25. The van der Waals surface area contributed by atoms with Crippen LogP contribution in [0.3, 0.4) is 0 Å². The van der Waals surface area contributed by atoms with Gasteiger partial charge in [0.1, 0.15) is 5.76 Å². The van der Waals surface area contributed by atoms with Crippen LogP contribution in [0.5, 0.6) is 0 Å². The van der Waals surface area contributed by atoms with E-state index in [0.29, 0.717) is 6.54 Å². The summed E-state index contributed by atoms with van der Waals surface area (Å²) in [5.74, 6) is 5.41. The fourth-order valence-electron chi connectivity index (χ4n) is 0.763. The van der Waals surface area contributed by atoms with Crippen molar-refractivity contribution < 1.29 is 9.21 Å². The third-order valence-electron chi connectivity index (χ3n) is 1.33. The molecule has 1 heterocycles. The monoisotopic (exact) mass is 169 g/mol. The SMILES string of the molecule is NNC(=O)CNCc1ccco1. The number of amides is 1. The smallest absolute Gasteiger partial charge is 0.247 e. The van der Waals surface area contributed by atoms with Crippen LogP contribution in [0.2, 0.25) is 0 Å². The Labute approximate surface area is 69.9 Å². The third-order valence-corrected chi connectivity index (χ3v) is 1.33. The minimum atomic E-state index is -0.249. The summed E-state index contributed by atoms with van der Waals surface area (Å²) in [7, 11) is 0. The average Bonchev–Trinajstić information content (AvgIpc) is 2.57. The van der Waals surface area contributed by atoms with Crippen molar-refractivity contribution in [2.45, 2.75) is 6.54 Å². The molecule has 0 aliphatic rings. The van der Waals surface area contributed by atoms with Gasteiger partial charge in [-0.05, 0) is 12.1 Å². The normalized spacial score (nSPS) is 9.75. The van der Waals surface area contributed by atoms with Crippen LogP contribution in [0.15, 0.2) is 22.8 Å². The highest BCUT2D eigenvalue weighted by atomic mass is 16.3. The molecular weight excluding hydrogens is 158 g/mol. The Morgan fingerprint density at radius 1 is 1.67 bits per heavy atom. The van der Waals surface area contributed by atoms with E-state index in [-0.39, 0.29) is 12.5 Å². The van der Waals surface area contributed by atoms with Crippen LogP contribution in [0, 0.1) is 0 Å². The number of nitrogens with one attached hydrogen (secondary N) is 2. The molecule has 1 amide bonds. The summed E-state index contributed by atoms with van der Waals surface area (Å²) in [6.07, 6.45) is 1.58. The highest BCUT2D eigenvalue weighted by Crippen LogP contribution is 1.97. The Balaban J connectivity index is 2.15. The lowest BCUT2D eigenvalue weighted by molar-refractivity contribution is -0.120. The molecule has 0 aliphatic heterocycles. The maximum Gasteiger partial charge on any atom is 0.247 e. The highest BCUT2D eigenvalue weighted by molar-refractivity contribution is 5.77. The summed E-state index contributed by atoms with van der Waals surface area (Å²) in [6, 6.07) is 3.62. The first-order chi connectivity index (χ1) is 5.83. The van der Waals surface area contributed by atoms with Crippen molar-refractivity contribution in [1.82, 2.24) is 10.7 Å². The topological polar surface area (TPSA) is 80.3 Å². The van der Waals surface area contributed by atoms with Crippen molar-refractivity contribution in [3.63, 3.8) is 0 Å². The van der Waals surface area contributed by atoms with Crippen molar-refractivity contribution in [3.8, 4) is 0 Å². The van der Waals surface area contributed by atoms with E-state index in [1.54, 1.807) is 12.3 Å². The van der Waals surface area contributed by atoms with Gasteiger partial charge in [0.05, 0.1) is 19.4 Å². The van der Waals surface area contributed by atoms with Crippen LogP contribution < -0.4 is 16.6 Å². The van der Waals surface area contributed by atoms with Gasteiger partial charge in [-0.2, -0.15) is 0 Å². The predicted octanol–water partition coefficient (Wildman–Crippen LogP) is -0.641. The molecule has 5 heteroatoms. The predicted molar refractivity (Wildman–Crippen MR) is 42.7 cm³/mol. The second kappa shape index (κ2) is 4.53. The lowest BCUT2D eigenvalue weighted by atomic mass is 10.4. The molecule has 12 heavy (non-hydrogen) atoms. The maximum absolute atomic E-state index is 10.6. The van der Waals surface area contributed by atoms with Crippen LogP contribution in [0.4, 0.5) is 0 Å². The van der Waals surface area contributed by atoms with Crippen LogP contribution in [-0.4, -0.2) is 12.5 Å². The summed E-state index contributed by atoms with van der Waals surface area (Å²) in [6.45, 7) is 0.720. The highest BCUT2D eigenvalue weighted by Gasteiger charge is 1.98. The molecule has 1 rings (SSSR count). The first kappa shape index (κ1) is 8.76. The minimum absolute atomic E-state index is 0.192. The Morgan fingerprint density at radius 3 is 3.08 bits per heavy atom. The molecule has 0 aliphatic carbocycles. The minimum Gasteiger partial charge on any atom is -0.468 e. The number of rotatable bonds is 4. The first-order valence-electron chi connectivity index (χ1n) is 3.55. The standard InChI is InChI=1S/C7H11N3O2/c8-10-7(11)5-9-4-6-2-1-3-12-6/h1-3,9H,4-5,8H2,(H,10,11). The largest absolute Gasteiger partial charge is 0.468 e. The summed E-state index contributed by atoms with van der Waals surface area (Å²) < 4.78 is 5.02. The summed E-state index contributed by atoms with van der Waals surface area (Å²) in [4.78, 5) is 10.6. The Morgan fingerprint density at radius 2 is 2.50 bits per heavy atom. The molecular formula is C7H11N3O2. The zero-order chi connectivity index (χ0) is 8.81. The number of carbonyl (C=O) groups excluding carboxylic acids is 1. The molecule has 0 radical (unpaired) electrons. The van der Waals surface area contributed by atoms with E-state index < -0.39 is 0 Å². The Kier molecular flexibility index (Phi) is 3.31. The van der Waals surface area contributed by atoms with Gasteiger partial charge >= 0.3 is 0 Å². The first-order valence-corrected chi connectivity index (χ1v) is 3.55. The molecule has 0 saturated heterocycles. The third kappa shape index (κ3) is 2.73. The zero-order valence-electron chi connectivity index (χ0n) is 6.54. The van der Waals surface area contributed by atoms with Crippen LogP contribution in [-0.2, 0) is 11.3 Å². The Bertz CT molecular complexity index is 233. The van der Waals surface area contributed by atoms with E-state index in [9.17, 15) is 4.79 Å². The fourth-order valence-corrected chi connectivity index (χ4v) is 0.763. The fraction of sp³-hybridized carbons (Fsp3) is 0.286. The summed E-state index contributed by atoms with van der Waals surface area (Å²) in [5.41, 5.74) is 2.01. The summed E-state index contributed by atoms with van der Waals surface area (Å²) in [5, 5.41) is 2.85. The van der Waals surface area contributed by atoms with Gasteiger partial charge in [-0.3, -0.25) is 10.2 Å². The van der Waals surface area contributed by atoms with Gasteiger partial charge in [-0.25, -0.2) is 5.84 Å². The van der Waals surface area contributed by atoms with Crippen LogP contribution in [0.25, 0.3) is 0 Å². The molecule has 0 unspecified atom stereocenters. The quantitative estimate of drug-likeness (QED) is 0.318. The number of hydrogen-bond donors (Lipinski definition) is 3. The molecule has 5 nitrogen and oxygen atoms in total. The lowest BCUT2D eigenvalue weighted by Gasteiger charge is -2.00. The molecule has 0 aromatic carbocycles. The molecule has 0 fully saturated rings. The van der Waals surface area contributed by atoms with Crippen molar-refractivity contribution >= 4 is 5.91 Å². The lowest BCUT2D eigenvalue weighted by Crippen LogP contribution is -2.37. The van der Waals surface area contributed by atoms with Gasteiger partial charge < -0.3 is 9.73 Å². The van der Waals surface area contributed by atoms with E-state index in [1.807, 2.05) is 11.5 Å². The van der Waals surface area contributed by atoms with Gasteiger partial charge in [0.25, 0.3) is 0 Å². The van der Waals surface area contributed by atoms with E-state index in [2.05, 4.69) is 5.32 Å². The van der Waals surface area contributed by atoms with E-state index in [0.717, 1.165) is 5.76 Å². The maximum atomic E-state index is 10.6. The molecule has 1 aromatic heterocycles. The second-order valence-electron chi connectivity index (χ2n) is 2.25. The van der Waals surface area contributed by atoms with E-state index in [1.165, 1.54) is 0 Å². The van der Waals surface area contributed by atoms with Crippen molar-refractivity contribution in [2.24, 2.45) is 5.84 Å². The van der Waals surface area contributed by atoms with Crippen LogP contribution in [0.1, 0.15) is 5.76 Å². The average molecular weight is 169 g/mol. The zero-order valence-corrected chi connectivity index (χ0v) is 6.54. The molecule has 0 bridgehead atoms. The Hall–Kier alpha value is -1.33. The van der Waals surface area contributed by atoms with Gasteiger partial charge in [-0.1, -0.05) is 0 Å². The van der Waals surface area contributed by atoms with Gasteiger partial charge in [0, 0.05) is 0 Å². The number of furan rings is 1. The molecule has 0 saturated carbocycles. The van der Waals surface area contributed by atoms with Gasteiger partial charge in [0.2, 0.25) is 5.91 Å². The molecule has 4 N–H and O–H groups in total. The summed E-state index contributed by atoms with van der Waals surface area (Å²) >= 11 is 0. The number of hydrazine groups is 1. The van der Waals surface area contributed by atoms with Crippen molar-refractivity contribution in [1.29, 1.82) is 0 Å². The van der Waals surface area contributed by atoms with E-state index in [4.69, 9.17) is 10.3 Å². The van der Waals surface area contributed by atoms with E-state index >= 15 is 0 Å². The van der Waals surface area contributed by atoms with Gasteiger partial charge in [0.15, 0.2) is 0 Å². The van der Waals surface area contributed by atoms with Crippen molar-refractivity contribution in [3.05, 3.63) is 24.2 Å². The molecule has 0 spiro atoms. The molecule has 0 atom stereocenters. The van der Waals surface area contributed by atoms with Crippen LogP contribution >= 0.6 is 0 Å². The van der Waals surface area contributed by atoms with Crippen molar-refractivity contribution in [2.75, 3.05) is 6.54 Å². The molecule has 66 valence electrons. The van der Waals surface area contributed by atoms with Gasteiger partial charge in [-0.15, -0.1) is 0 Å². The number of nitrogens with two attached hydrogens (primary N) is 1. The number of carbonyl (C=O) groups is 1. The number of hydrogen-bond acceptors (Lipinski definition) is 4.